The summed E-state index contributed by atoms with van der Waals surface area (Å²) in [6, 6.07) is 3.27. The van der Waals surface area contributed by atoms with Crippen molar-refractivity contribution in [3.63, 3.8) is 0 Å². The number of carboxylic acid groups (broad SMARTS) is 1. The van der Waals surface area contributed by atoms with Crippen molar-refractivity contribution in [3.05, 3.63) is 40.6 Å². The number of carbonyl (C=O) groups excluding carboxylic acids is 1. The number of carboxylic acids is 1. The molecular weight excluding hydrogens is 266 g/mol. The van der Waals surface area contributed by atoms with Crippen LogP contribution in [0.3, 0.4) is 0 Å². The number of hydrogen-bond acceptors (Lipinski definition) is 4. The maximum absolute atomic E-state index is 12.2. The molecule has 2 heterocycles. The van der Waals surface area contributed by atoms with Crippen LogP contribution in [0.4, 0.5) is 0 Å². The highest BCUT2D eigenvalue weighted by Gasteiger charge is 2.17. The van der Waals surface area contributed by atoms with Gasteiger partial charge in [-0.05, 0) is 12.1 Å². The van der Waals surface area contributed by atoms with Crippen LogP contribution in [0, 0.1) is 0 Å². The number of nitrogens with zero attached hydrogens (tertiary/aromatic N) is 3. The van der Waals surface area contributed by atoms with E-state index >= 15 is 0 Å². The molecule has 0 saturated heterocycles. The monoisotopic (exact) mass is 279 g/mol. The minimum Gasteiger partial charge on any atom is -0.480 e. The van der Waals surface area contributed by atoms with Crippen LogP contribution in [0.5, 0.6) is 0 Å². The highest BCUT2D eigenvalue weighted by Crippen LogP contribution is 2.10. The predicted octanol–water partition coefficient (Wildman–Crippen LogP) is 1.30. The van der Waals surface area contributed by atoms with Gasteiger partial charge in [-0.1, -0.05) is 0 Å². The Balaban J connectivity index is 2.10. The summed E-state index contributed by atoms with van der Waals surface area (Å²) >= 11 is 1.47. The molecule has 19 heavy (non-hydrogen) atoms. The van der Waals surface area contributed by atoms with Gasteiger partial charge in [-0.15, -0.1) is 11.3 Å². The van der Waals surface area contributed by atoms with Gasteiger partial charge in [0.2, 0.25) is 0 Å². The zero-order valence-corrected chi connectivity index (χ0v) is 11.1. The number of rotatable bonds is 5. The Morgan fingerprint density at radius 2 is 2.32 bits per heavy atom. The molecule has 0 unspecified atom stereocenters. The Morgan fingerprint density at radius 3 is 2.95 bits per heavy atom. The maximum atomic E-state index is 12.2. The number of aliphatic carboxylic acids is 1. The Bertz CT molecular complexity index is 577. The Hall–Kier alpha value is -2.15. The van der Waals surface area contributed by atoms with Crippen LogP contribution < -0.4 is 0 Å². The minimum atomic E-state index is -0.979. The maximum Gasteiger partial charge on any atom is 0.323 e. The van der Waals surface area contributed by atoms with Crippen molar-refractivity contribution in [3.8, 4) is 0 Å². The lowest BCUT2D eigenvalue weighted by Crippen LogP contribution is -2.29. The fraction of sp³-hybridized carbons (Fsp3) is 0.250. The van der Waals surface area contributed by atoms with Crippen LogP contribution in [-0.2, 0) is 17.9 Å². The van der Waals surface area contributed by atoms with E-state index in [1.165, 1.54) is 20.8 Å². The van der Waals surface area contributed by atoms with E-state index in [0.717, 1.165) is 5.69 Å². The molecule has 7 heteroatoms. The highest BCUT2D eigenvalue weighted by molar-refractivity contribution is 7.07. The summed E-state index contributed by atoms with van der Waals surface area (Å²) in [5.41, 5.74) is 2.89. The molecule has 1 N–H and O–H groups in total. The topological polar surface area (TPSA) is 75.4 Å². The van der Waals surface area contributed by atoms with E-state index in [2.05, 4.69) is 4.98 Å². The van der Waals surface area contributed by atoms with Gasteiger partial charge in [0.15, 0.2) is 0 Å². The number of hydrogen-bond donors (Lipinski definition) is 1. The van der Waals surface area contributed by atoms with Gasteiger partial charge < -0.3 is 14.6 Å². The molecule has 2 aromatic rings. The van der Waals surface area contributed by atoms with E-state index in [9.17, 15) is 9.59 Å². The van der Waals surface area contributed by atoms with Crippen molar-refractivity contribution in [2.24, 2.45) is 0 Å². The fourth-order valence-corrected chi connectivity index (χ4v) is 2.27. The van der Waals surface area contributed by atoms with Gasteiger partial charge in [-0.25, -0.2) is 4.98 Å². The normalized spacial score (nSPS) is 10.4. The highest BCUT2D eigenvalue weighted by atomic mass is 32.1. The fourth-order valence-electron chi connectivity index (χ4n) is 1.72. The minimum absolute atomic E-state index is 0.223. The van der Waals surface area contributed by atoms with E-state index in [0.29, 0.717) is 12.2 Å². The van der Waals surface area contributed by atoms with E-state index in [1.54, 1.807) is 30.9 Å². The van der Waals surface area contributed by atoms with Crippen molar-refractivity contribution in [1.29, 1.82) is 0 Å². The van der Waals surface area contributed by atoms with Gasteiger partial charge in [0.05, 0.1) is 17.7 Å². The van der Waals surface area contributed by atoms with E-state index in [-0.39, 0.29) is 12.5 Å². The van der Waals surface area contributed by atoms with E-state index in [4.69, 9.17) is 5.11 Å². The van der Waals surface area contributed by atoms with Crippen LogP contribution >= 0.6 is 11.3 Å². The molecule has 6 nitrogen and oxygen atoms in total. The number of aromatic nitrogens is 2. The Labute approximate surface area is 113 Å². The number of carbonyl (C=O) groups is 2. The summed E-state index contributed by atoms with van der Waals surface area (Å²) in [5.74, 6) is -1.20. The standard InChI is InChI=1S/C12H13N3O3S/c1-14(5-9-7-19-8-13-9)12(18)10-3-2-4-15(10)6-11(16)17/h2-4,7-8H,5-6H2,1H3,(H,16,17). The Morgan fingerprint density at radius 1 is 1.53 bits per heavy atom. The third kappa shape index (κ3) is 3.19. The third-order valence-electron chi connectivity index (χ3n) is 2.58. The Kier molecular flexibility index (Phi) is 3.96. The molecule has 2 aromatic heterocycles. The van der Waals surface area contributed by atoms with Crippen LogP contribution in [0.25, 0.3) is 0 Å². The first-order chi connectivity index (χ1) is 9.08. The second-order valence-corrected chi connectivity index (χ2v) is 4.77. The average molecular weight is 279 g/mol. The van der Waals surface area contributed by atoms with Crippen LogP contribution in [-0.4, -0.2) is 38.5 Å². The molecule has 0 aliphatic heterocycles. The zero-order chi connectivity index (χ0) is 13.8. The number of thiazole rings is 1. The van der Waals surface area contributed by atoms with Gasteiger partial charge in [-0.2, -0.15) is 0 Å². The lowest BCUT2D eigenvalue weighted by Gasteiger charge is -2.16. The molecule has 0 bridgehead atoms. The summed E-state index contributed by atoms with van der Waals surface area (Å²) in [4.78, 5) is 28.6. The van der Waals surface area contributed by atoms with Crippen molar-refractivity contribution in [2.75, 3.05) is 7.05 Å². The summed E-state index contributed by atoms with van der Waals surface area (Å²) in [5, 5.41) is 10.7. The lowest BCUT2D eigenvalue weighted by atomic mass is 10.3. The molecule has 0 radical (unpaired) electrons. The van der Waals surface area contributed by atoms with Gasteiger partial charge in [0, 0.05) is 18.6 Å². The molecule has 100 valence electrons. The van der Waals surface area contributed by atoms with E-state index in [1.807, 2.05) is 5.38 Å². The smallest absolute Gasteiger partial charge is 0.323 e. The largest absolute Gasteiger partial charge is 0.480 e. The van der Waals surface area contributed by atoms with Crippen LogP contribution in [0.1, 0.15) is 16.2 Å². The first kappa shape index (κ1) is 13.3. The second-order valence-electron chi connectivity index (χ2n) is 4.06. The predicted molar refractivity (Wildman–Crippen MR) is 70.0 cm³/mol. The molecule has 2 rings (SSSR count). The second kappa shape index (κ2) is 5.66. The van der Waals surface area contributed by atoms with Gasteiger partial charge in [0.25, 0.3) is 5.91 Å². The molecule has 0 saturated carbocycles. The van der Waals surface area contributed by atoms with Crippen LogP contribution in [0.2, 0.25) is 0 Å². The molecule has 0 spiro atoms. The van der Waals surface area contributed by atoms with Crippen LogP contribution in [0.15, 0.2) is 29.2 Å². The average Bonchev–Trinajstić information content (AvgIpc) is 2.98. The van der Waals surface area contributed by atoms with Gasteiger partial charge >= 0.3 is 5.97 Å². The first-order valence-electron chi connectivity index (χ1n) is 5.57. The van der Waals surface area contributed by atoms with Crippen molar-refractivity contribution in [2.45, 2.75) is 13.1 Å². The summed E-state index contributed by atoms with van der Waals surface area (Å²) in [6.07, 6.45) is 1.58. The molecular formula is C12H13N3O3S. The summed E-state index contributed by atoms with van der Waals surface area (Å²) in [6.45, 7) is 0.180. The molecule has 0 fully saturated rings. The molecule has 0 aliphatic carbocycles. The molecule has 0 aliphatic rings. The van der Waals surface area contributed by atoms with E-state index < -0.39 is 5.97 Å². The third-order valence-corrected chi connectivity index (χ3v) is 3.22. The van der Waals surface area contributed by atoms with Crippen molar-refractivity contribution in [1.82, 2.24) is 14.5 Å². The molecule has 1 amide bonds. The zero-order valence-electron chi connectivity index (χ0n) is 10.3. The van der Waals surface area contributed by atoms with Crippen molar-refractivity contribution < 1.29 is 14.7 Å². The lowest BCUT2D eigenvalue weighted by molar-refractivity contribution is -0.137. The first-order valence-corrected chi connectivity index (χ1v) is 6.51. The number of amides is 1. The quantitative estimate of drug-likeness (QED) is 0.895. The molecule has 0 aromatic carbocycles. The summed E-state index contributed by atoms with van der Waals surface area (Å²) < 4.78 is 1.42. The van der Waals surface area contributed by atoms with Gasteiger partial charge in [-0.3, -0.25) is 9.59 Å². The SMILES string of the molecule is CN(Cc1cscn1)C(=O)c1cccn1CC(=O)O. The molecule has 0 atom stereocenters. The summed E-state index contributed by atoms with van der Waals surface area (Å²) in [7, 11) is 1.67. The van der Waals surface area contributed by atoms with Gasteiger partial charge in [0.1, 0.15) is 12.2 Å². The van der Waals surface area contributed by atoms with Crippen molar-refractivity contribution >= 4 is 23.2 Å².